The number of aliphatic hydroxyl groups excluding tert-OH is 1. The van der Waals surface area contributed by atoms with Crippen molar-refractivity contribution in [2.75, 3.05) is 20.2 Å². The number of rotatable bonds is 7. The molecule has 114 valence electrons. The van der Waals surface area contributed by atoms with Crippen molar-refractivity contribution in [2.45, 2.75) is 32.7 Å². The Balaban J connectivity index is 2.23. The molecule has 0 spiro atoms. The topological polar surface area (TPSA) is 58.4 Å². The number of aromatic nitrogens is 2. The van der Waals surface area contributed by atoms with Gasteiger partial charge in [-0.3, -0.25) is 4.79 Å². The van der Waals surface area contributed by atoms with Crippen molar-refractivity contribution in [2.24, 2.45) is 0 Å². The number of aliphatic hydroxyl groups is 1. The van der Waals surface area contributed by atoms with Crippen molar-refractivity contribution in [3.63, 3.8) is 0 Å². The van der Waals surface area contributed by atoms with Crippen molar-refractivity contribution in [3.05, 3.63) is 30.1 Å². The van der Waals surface area contributed by atoms with Crippen LogP contribution in [0.3, 0.4) is 0 Å². The summed E-state index contributed by atoms with van der Waals surface area (Å²) in [7, 11) is 1.84. The molecule has 21 heavy (non-hydrogen) atoms. The van der Waals surface area contributed by atoms with Crippen molar-refractivity contribution >= 4 is 16.9 Å². The van der Waals surface area contributed by atoms with Crippen LogP contribution in [0.2, 0.25) is 0 Å². The summed E-state index contributed by atoms with van der Waals surface area (Å²) in [5.41, 5.74) is 1.81. The fourth-order valence-electron chi connectivity index (χ4n) is 2.37. The number of amides is 1. The molecule has 5 heteroatoms. The molecule has 2 aromatic rings. The standard InChI is InChI=1S/C16H23N3O2/c1-3-4-10-18(2)16(21)12-19-14-8-6-5-7-13(14)17-15(19)9-11-20/h5-8,20H,3-4,9-12H2,1-2H3. The van der Waals surface area contributed by atoms with E-state index in [1.54, 1.807) is 4.90 Å². The van der Waals surface area contributed by atoms with Gasteiger partial charge in [0.15, 0.2) is 0 Å². The molecule has 1 heterocycles. The molecule has 1 N–H and O–H groups in total. The molecule has 0 aliphatic heterocycles. The lowest BCUT2D eigenvalue weighted by atomic mass is 10.3. The SMILES string of the molecule is CCCCN(C)C(=O)Cn1c(CCO)nc2ccccc21. The number of para-hydroxylation sites is 2. The number of fused-ring (bicyclic) bond motifs is 1. The monoisotopic (exact) mass is 289 g/mol. The summed E-state index contributed by atoms with van der Waals surface area (Å²) in [5, 5.41) is 9.18. The van der Waals surface area contributed by atoms with E-state index in [4.69, 9.17) is 0 Å². The highest BCUT2D eigenvalue weighted by molar-refractivity contribution is 5.81. The molecule has 5 nitrogen and oxygen atoms in total. The van der Waals surface area contributed by atoms with Crippen molar-refractivity contribution < 1.29 is 9.90 Å². The highest BCUT2D eigenvalue weighted by atomic mass is 16.3. The van der Waals surface area contributed by atoms with Crippen LogP contribution in [0.5, 0.6) is 0 Å². The number of imidazole rings is 1. The first-order valence-electron chi connectivity index (χ1n) is 7.46. The van der Waals surface area contributed by atoms with Gasteiger partial charge in [-0.05, 0) is 18.6 Å². The number of carbonyl (C=O) groups is 1. The lowest BCUT2D eigenvalue weighted by Gasteiger charge is -2.18. The Bertz CT molecular complexity index is 607. The van der Waals surface area contributed by atoms with Crippen LogP contribution in [0.25, 0.3) is 11.0 Å². The zero-order chi connectivity index (χ0) is 15.2. The summed E-state index contributed by atoms with van der Waals surface area (Å²) in [5.74, 6) is 0.835. The third-order valence-electron chi connectivity index (χ3n) is 3.64. The van der Waals surface area contributed by atoms with Gasteiger partial charge in [0, 0.05) is 20.0 Å². The van der Waals surface area contributed by atoms with Crippen LogP contribution in [0, 0.1) is 0 Å². The van der Waals surface area contributed by atoms with E-state index in [1.807, 2.05) is 35.9 Å². The molecule has 0 aliphatic carbocycles. The van der Waals surface area contributed by atoms with E-state index >= 15 is 0 Å². The van der Waals surface area contributed by atoms with Gasteiger partial charge < -0.3 is 14.6 Å². The van der Waals surface area contributed by atoms with Gasteiger partial charge in [0.25, 0.3) is 0 Å². The normalized spacial score (nSPS) is 11.0. The average molecular weight is 289 g/mol. The molecule has 0 aliphatic rings. The Morgan fingerprint density at radius 3 is 2.86 bits per heavy atom. The van der Waals surface area contributed by atoms with Crippen LogP contribution < -0.4 is 0 Å². The maximum atomic E-state index is 12.3. The lowest BCUT2D eigenvalue weighted by Crippen LogP contribution is -2.31. The minimum absolute atomic E-state index is 0.0309. The molecule has 0 bridgehead atoms. The molecule has 1 aromatic carbocycles. The Labute approximate surface area is 125 Å². The fourth-order valence-corrected chi connectivity index (χ4v) is 2.37. The van der Waals surface area contributed by atoms with Crippen molar-refractivity contribution in [1.29, 1.82) is 0 Å². The van der Waals surface area contributed by atoms with Crippen LogP contribution in [-0.4, -0.2) is 45.7 Å². The van der Waals surface area contributed by atoms with Gasteiger partial charge in [0.2, 0.25) is 5.91 Å². The zero-order valence-corrected chi connectivity index (χ0v) is 12.7. The molecule has 1 aromatic heterocycles. The Morgan fingerprint density at radius 1 is 1.38 bits per heavy atom. The first-order chi connectivity index (χ1) is 10.2. The number of hydrogen-bond acceptors (Lipinski definition) is 3. The highest BCUT2D eigenvalue weighted by Crippen LogP contribution is 2.16. The largest absolute Gasteiger partial charge is 0.396 e. The molecular formula is C16H23N3O2. The third kappa shape index (κ3) is 3.61. The molecule has 0 unspecified atom stereocenters. The zero-order valence-electron chi connectivity index (χ0n) is 12.7. The van der Waals surface area contributed by atoms with Gasteiger partial charge in [-0.2, -0.15) is 0 Å². The van der Waals surface area contributed by atoms with Gasteiger partial charge in [-0.15, -0.1) is 0 Å². The molecule has 0 fully saturated rings. The van der Waals surface area contributed by atoms with E-state index < -0.39 is 0 Å². The molecule has 0 saturated carbocycles. The smallest absolute Gasteiger partial charge is 0.242 e. The molecule has 0 saturated heterocycles. The molecule has 2 rings (SSSR count). The van der Waals surface area contributed by atoms with Crippen LogP contribution >= 0.6 is 0 Å². The molecule has 0 atom stereocenters. The lowest BCUT2D eigenvalue weighted by molar-refractivity contribution is -0.130. The second-order valence-electron chi connectivity index (χ2n) is 5.25. The first-order valence-corrected chi connectivity index (χ1v) is 7.46. The maximum Gasteiger partial charge on any atom is 0.242 e. The summed E-state index contributed by atoms with van der Waals surface area (Å²) in [6, 6.07) is 7.76. The van der Waals surface area contributed by atoms with Crippen molar-refractivity contribution in [3.8, 4) is 0 Å². The minimum Gasteiger partial charge on any atom is -0.396 e. The number of likely N-dealkylation sites (N-methyl/N-ethyl adjacent to an activating group) is 1. The van der Waals surface area contributed by atoms with Gasteiger partial charge >= 0.3 is 0 Å². The van der Waals surface area contributed by atoms with E-state index in [-0.39, 0.29) is 19.1 Å². The summed E-state index contributed by atoms with van der Waals surface area (Å²) in [4.78, 5) is 18.6. The predicted molar refractivity (Wildman–Crippen MR) is 83.1 cm³/mol. The quantitative estimate of drug-likeness (QED) is 0.846. The highest BCUT2D eigenvalue weighted by Gasteiger charge is 2.15. The Hall–Kier alpha value is -1.88. The number of unbranched alkanes of at least 4 members (excludes halogenated alkanes) is 1. The van der Waals surface area contributed by atoms with Gasteiger partial charge in [-0.1, -0.05) is 25.5 Å². The van der Waals surface area contributed by atoms with E-state index in [2.05, 4.69) is 11.9 Å². The second kappa shape index (κ2) is 7.22. The number of benzene rings is 1. The van der Waals surface area contributed by atoms with Gasteiger partial charge in [0.1, 0.15) is 12.4 Å². The summed E-state index contributed by atoms with van der Waals surface area (Å²) in [6.45, 7) is 3.19. The second-order valence-corrected chi connectivity index (χ2v) is 5.25. The van der Waals surface area contributed by atoms with Crippen LogP contribution in [-0.2, 0) is 17.8 Å². The van der Waals surface area contributed by atoms with E-state index in [0.29, 0.717) is 6.42 Å². The first kappa shape index (κ1) is 15.5. The minimum atomic E-state index is 0.0309. The summed E-state index contributed by atoms with van der Waals surface area (Å²) in [6.07, 6.45) is 2.54. The van der Waals surface area contributed by atoms with E-state index in [1.165, 1.54) is 0 Å². The Morgan fingerprint density at radius 2 is 2.14 bits per heavy atom. The van der Waals surface area contributed by atoms with Crippen molar-refractivity contribution in [1.82, 2.24) is 14.5 Å². The molecular weight excluding hydrogens is 266 g/mol. The number of hydrogen-bond donors (Lipinski definition) is 1. The summed E-state index contributed by atoms with van der Waals surface area (Å²) < 4.78 is 1.91. The van der Waals surface area contributed by atoms with Gasteiger partial charge in [-0.25, -0.2) is 4.98 Å². The van der Waals surface area contributed by atoms with Crippen LogP contribution in [0.1, 0.15) is 25.6 Å². The fraction of sp³-hybridized carbons (Fsp3) is 0.500. The van der Waals surface area contributed by atoms with E-state index in [0.717, 1.165) is 36.2 Å². The number of carbonyl (C=O) groups excluding carboxylic acids is 1. The Kier molecular flexibility index (Phi) is 5.33. The maximum absolute atomic E-state index is 12.3. The van der Waals surface area contributed by atoms with Crippen LogP contribution in [0.15, 0.2) is 24.3 Å². The average Bonchev–Trinajstić information content (AvgIpc) is 2.83. The predicted octanol–water partition coefficient (Wildman–Crippen LogP) is 1.83. The molecule has 0 radical (unpaired) electrons. The number of nitrogens with zero attached hydrogens (tertiary/aromatic N) is 3. The molecule has 1 amide bonds. The van der Waals surface area contributed by atoms with E-state index in [9.17, 15) is 9.90 Å². The van der Waals surface area contributed by atoms with Gasteiger partial charge in [0.05, 0.1) is 17.6 Å². The van der Waals surface area contributed by atoms with Crippen LogP contribution in [0.4, 0.5) is 0 Å². The third-order valence-corrected chi connectivity index (χ3v) is 3.64. The summed E-state index contributed by atoms with van der Waals surface area (Å²) >= 11 is 0.